The second-order valence-corrected chi connectivity index (χ2v) is 5.90. The monoisotopic (exact) mass is 224 g/mol. The normalized spacial score (nSPS) is 30.6. The molecule has 2 heteroatoms. The fraction of sp³-hybridized carbons (Fsp3) is 1.00. The maximum atomic E-state index is 3.69. The van der Waals surface area contributed by atoms with Crippen molar-refractivity contribution in [1.82, 2.24) is 10.6 Å². The quantitative estimate of drug-likeness (QED) is 0.649. The maximum absolute atomic E-state index is 3.69. The number of nitrogens with one attached hydrogen (secondary N) is 2. The van der Waals surface area contributed by atoms with Gasteiger partial charge in [0.1, 0.15) is 0 Å². The molecule has 0 radical (unpaired) electrons. The molecule has 2 N–H and O–H groups in total. The third-order valence-electron chi connectivity index (χ3n) is 4.47. The van der Waals surface area contributed by atoms with E-state index in [1.165, 1.54) is 71.1 Å². The van der Waals surface area contributed by atoms with Gasteiger partial charge in [-0.2, -0.15) is 0 Å². The molecule has 2 nitrogen and oxygen atoms in total. The summed E-state index contributed by atoms with van der Waals surface area (Å²) in [7, 11) is 0. The molecule has 2 aliphatic rings. The van der Waals surface area contributed by atoms with Crippen molar-refractivity contribution in [2.45, 2.75) is 51.9 Å². The van der Waals surface area contributed by atoms with E-state index in [0.29, 0.717) is 5.41 Å². The molecule has 0 spiro atoms. The van der Waals surface area contributed by atoms with Gasteiger partial charge in [0.2, 0.25) is 0 Å². The smallest absolute Gasteiger partial charge is 0.00199 e. The topological polar surface area (TPSA) is 24.1 Å². The first-order valence-electron chi connectivity index (χ1n) is 7.26. The van der Waals surface area contributed by atoms with Crippen LogP contribution in [0.15, 0.2) is 0 Å². The highest BCUT2D eigenvalue weighted by Crippen LogP contribution is 2.33. The van der Waals surface area contributed by atoms with E-state index in [9.17, 15) is 0 Å². The van der Waals surface area contributed by atoms with Crippen LogP contribution in [0.5, 0.6) is 0 Å². The Labute approximate surface area is 101 Å². The molecule has 2 fully saturated rings. The summed E-state index contributed by atoms with van der Waals surface area (Å²) in [5.41, 5.74) is 0.553. The van der Waals surface area contributed by atoms with Crippen LogP contribution in [0, 0.1) is 11.3 Å². The lowest BCUT2D eigenvalue weighted by atomic mass is 9.78. The van der Waals surface area contributed by atoms with E-state index in [-0.39, 0.29) is 0 Å². The van der Waals surface area contributed by atoms with E-state index >= 15 is 0 Å². The van der Waals surface area contributed by atoms with E-state index in [2.05, 4.69) is 17.6 Å². The third-order valence-corrected chi connectivity index (χ3v) is 4.47. The van der Waals surface area contributed by atoms with Crippen molar-refractivity contribution >= 4 is 0 Å². The minimum Gasteiger partial charge on any atom is -0.316 e. The highest BCUT2D eigenvalue weighted by molar-refractivity contribution is 4.86. The Morgan fingerprint density at radius 2 is 2.25 bits per heavy atom. The van der Waals surface area contributed by atoms with Crippen LogP contribution >= 0.6 is 0 Å². The highest BCUT2D eigenvalue weighted by atomic mass is 14.9. The van der Waals surface area contributed by atoms with Crippen LogP contribution in [-0.2, 0) is 0 Å². The average molecular weight is 224 g/mol. The first-order chi connectivity index (χ1) is 7.85. The van der Waals surface area contributed by atoms with Gasteiger partial charge in [-0.15, -0.1) is 0 Å². The first kappa shape index (κ1) is 12.4. The summed E-state index contributed by atoms with van der Waals surface area (Å²) >= 11 is 0. The number of rotatable bonds is 7. The van der Waals surface area contributed by atoms with Crippen molar-refractivity contribution < 1.29 is 0 Å². The molecule has 94 valence electrons. The van der Waals surface area contributed by atoms with Gasteiger partial charge in [0, 0.05) is 13.1 Å². The Morgan fingerprint density at radius 1 is 1.38 bits per heavy atom. The number of hydrogen-bond acceptors (Lipinski definition) is 2. The lowest BCUT2D eigenvalue weighted by Gasteiger charge is -2.37. The largest absolute Gasteiger partial charge is 0.316 e. The molecule has 0 aromatic rings. The molecule has 0 aromatic carbocycles. The lowest BCUT2D eigenvalue weighted by molar-refractivity contribution is 0.192. The van der Waals surface area contributed by atoms with Crippen LogP contribution in [0.2, 0.25) is 0 Å². The van der Waals surface area contributed by atoms with Crippen molar-refractivity contribution in [3.05, 3.63) is 0 Å². The van der Waals surface area contributed by atoms with Crippen LogP contribution in [0.3, 0.4) is 0 Å². The van der Waals surface area contributed by atoms with Gasteiger partial charge in [0.25, 0.3) is 0 Å². The summed E-state index contributed by atoms with van der Waals surface area (Å²) < 4.78 is 0. The van der Waals surface area contributed by atoms with Gasteiger partial charge in [0.15, 0.2) is 0 Å². The molecule has 1 aliphatic heterocycles. The number of hydrogen-bond donors (Lipinski definition) is 2. The Kier molecular flexibility index (Phi) is 4.66. The van der Waals surface area contributed by atoms with Gasteiger partial charge >= 0.3 is 0 Å². The van der Waals surface area contributed by atoms with E-state index in [0.717, 1.165) is 5.92 Å². The standard InChI is InChI=1S/C14H28N2/c1-2-14(8-4-10-16-12-14)11-15-9-3-5-13-6-7-13/h13,15-16H,2-12H2,1H3. The van der Waals surface area contributed by atoms with Gasteiger partial charge in [-0.25, -0.2) is 0 Å². The van der Waals surface area contributed by atoms with Crippen LogP contribution in [0.4, 0.5) is 0 Å². The molecule has 16 heavy (non-hydrogen) atoms. The van der Waals surface area contributed by atoms with Gasteiger partial charge < -0.3 is 10.6 Å². The van der Waals surface area contributed by atoms with Gasteiger partial charge in [-0.3, -0.25) is 0 Å². The van der Waals surface area contributed by atoms with E-state index in [1.54, 1.807) is 0 Å². The Balaban J connectivity index is 1.57. The van der Waals surface area contributed by atoms with E-state index in [1.807, 2.05) is 0 Å². The van der Waals surface area contributed by atoms with Crippen LogP contribution in [0.1, 0.15) is 51.9 Å². The maximum Gasteiger partial charge on any atom is 0.00199 e. The molecule has 1 unspecified atom stereocenters. The molecule has 1 heterocycles. The van der Waals surface area contributed by atoms with Gasteiger partial charge in [-0.05, 0) is 56.5 Å². The zero-order chi connectivity index (χ0) is 11.3. The summed E-state index contributed by atoms with van der Waals surface area (Å²) in [6.45, 7) is 7.25. The first-order valence-corrected chi connectivity index (χ1v) is 7.26. The summed E-state index contributed by atoms with van der Waals surface area (Å²) in [6.07, 6.45) is 9.94. The van der Waals surface area contributed by atoms with Gasteiger partial charge in [0.05, 0.1) is 0 Å². The van der Waals surface area contributed by atoms with Crippen molar-refractivity contribution in [2.75, 3.05) is 26.2 Å². The molecular weight excluding hydrogens is 196 g/mol. The highest BCUT2D eigenvalue weighted by Gasteiger charge is 2.29. The fourth-order valence-corrected chi connectivity index (χ4v) is 2.88. The van der Waals surface area contributed by atoms with Gasteiger partial charge in [-0.1, -0.05) is 19.8 Å². The molecule has 1 saturated carbocycles. The molecule has 1 saturated heterocycles. The third kappa shape index (κ3) is 3.74. The van der Waals surface area contributed by atoms with Crippen molar-refractivity contribution in [2.24, 2.45) is 11.3 Å². The predicted octanol–water partition coefficient (Wildman–Crippen LogP) is 2.55. The van der Waals surface area contributed by atoms with Crippen LogP contribution in [0.25, 0.3) is 0 Å². The number of piperidine rings is 1. The zero-order valence-electron chi connectivity index (χ0n) is 10.9. The molecular formula is C14H28N2. The molecule has 0 aromatic heterocycles. The minimum absolute atomic E-state index is 0.553. The van der Waals surface area contributed by atoms with E-state index < -0.39 is 0 Å². The lowest BCUT2D eigenvalue weighted by Crippen LogP contribution is -2.46. The molecule has 0 bridgehead atoms. The minimum atomic E-state index is 0.553. The molecule has 0 amide bonds. The summed E-state index contributed by atoms with van der Waals surface area (Å²) in [4.78, 5) is 0. The Hall–Kier alpha value is -0.0800. The summed E-state index contributed by atoms with van der Waals surface area (Å²) in [5.74, 6) is 1.10. The van der Waals surface area contributed by atoms with Crippen molar-refractivity contribution in [1.29, 1.82) is 0 Å². The summed E-state index contributed by atoms with van der Waals surface area (Å²) in [6, 6.07) is 0. The van der Waals surface area contributed by atoms with Crippen molar-refractivity contribution in [3.63, 3.8) is 0 Å². The zero-order valence-corrected chi connectivity index (χ0v) is 10.9. The van der Waals surface area contributed by atoms with Crippen LogP contribution < -0.4 is 10.6 Å². The predicted molar refractivity (Wildman–Crippen MR) is 69.7 cm³/mol. The molecule has 1 aliphatic carbocycles. The second kappa shape index (κ2) is 6.02. The Morgan fingerprint density at radius 3 is 2.88 bits per heavy atom. The van der Waals surface area contributed by atoms with Crippen LogP contribution in [-0.4, -0.2) is 26.2 Å². The fourth-order valence-electron chi connectivity index (χ4n) is 2.88. The molecule has 2 rings (SSSR count). The van der Waals surface area contributed by atoms with Crippen molar-refractivity contribution in [3.8, 4) is 0 Å². The summed E-state index contributed by atoms with van der Waals surface area (Å²) in [5, 5.41) is 7.25. The Bertz CT molecular complexity index is 193. The average Bonchev–Trinajstić information content (AvgIpc) is 3.14. The molecule has 1 atom stereocenters. The van der Waals surface area contributed by atoms with E-state index in [4.69, 9.17) is 0 Å². The second-order valence-electron chi connectivity index (χ2n) is 5.90. The SMILES string of the molecule is CCC1(CNCCCC2CC2)CCCNC1.